The molecular formula is C17H24N2O. The van der Waals surface area contributed by atoms with Crippen LogP contribution in [-0.4, -0.2) is 23.4 Å². The molecule has 2 saturated carbocycles. The van der Waals surface area contributed by atoms with Gasteiger partial charge in [-0.3, -0.25) is 4.79 Å². The van der Waals surface area contributed by atoms with Crippen LogP contribution in [0.3, 0.4) is 0 Å². The van der Waals surface area contributed by atoms with E-state index in [9.17, 15) is 4.79 Å². The lowest BCUT2D eigenvalue weighted by Crippen LogP contribution is -2.37. The number of nitrogens with two attached hydrogens (primary N) is 1. The molecule has 1 aromatic rings. The summed E-state index contributed by atoms with van der Waals surface area (Å²) >= 11 is 0. The summed E-state index contributed by atoms with van der Waals surface area (Å²) in [4.78, 5) is 14.8. The molecule has 0 aliphatic heterocycles. The Balaban J connectivity index is 1.71. The van der Waals surface area contributed by atoms with Gasteiger partial charge in [0.05, 0.1) is 0 Å². The highest BCUT2D eigenvalue weighted by atomic mass is 16.2. The van der Waals surface area contributed by atoms with Gasteiger partial charge in [0, 0.05) is 23.8 Å². The first-order valence-electron chi connectivity index (χ1n) is 7.90. The van der Waals surface area contributed by atoms with Crippen LogP contribution in [-0.2, 0) is 0 Å². The molecule has 2 aliphatic carbocycles. The van der Waals surface area contributed by atoms with Crippen LogP contribution in [0.2, 0.25) is 0 Å². The minimum Gasteiger partial charge on any atom is -0.399 e. The second-order valence-electron chi connectivity index (χ2n) is 6.32. The summed E-state index contributed by atoms with van der Waals surface area (Å²) in [5.74, 6) is 0.875. The number of carbonyl (C=O) groups excluding carboxylic acids is 1. The maximum Gasteiger partial charge on any atom is 0.254 e. The van der Waals surface area contributed by atoms with Crippen molar-refractivity contribution >= 4 is 11.6 Å². The highest BCUT2D eigenvalue weighted by Crippen LogP contribution is 2.32. The second-order valence-corrected chi connectivity index (χ2v) is 6.32. The predicted octanol–water partition coefficient (Wildman–Crippen LogP) is 3.45. The third-order valence-electron chi connectivity index (χ3n) is 4.56. The van der Waals surface area contributed by atoms with Gasteiger partial charge in [0.1, 0.15) is 0 Å². The molecule has 0 aromatic heterocycles. The van der Waals surface area contributed by atoms with Crippen LogP contribution in [0.1, 0.15) is 55.3 Å². The number of benzene rings is 1. The first kappa shape index (κ1) is 13.5. The van der Waals surface area contributed by atoms with Crippen LogP contribution in [0.25, 0.3) is 0 Å². The van der Waals surface area contributed by atoms with Gasteiger partial charge in [-0.25, -0.2) is 0 Å². The van der Waals surface area contributed by atoms with E-state index in [4.69, 9.17) is 5.73 Å². The van der Waals surface area contributed by atoms with Gasteiger partial charge in [0.2, 0.25) is 0 Å². The Morgan fingerprint density at radius 2 is 1.90 bits per heavy atom. The number of hydrogen-bond donors (Lipinski definition) is 1. The molecule has 3 heteroatoms. The molecule has 0 saturated heterocycles. The molecule has 0 heterocycles. The van der Waals surface area contributed by atoms with Crippen LogP contribution in [0.4, 0.5) is 5.69 Å². The van der Waals surface area contributed by atoms with E-state index in [2.05, 4.69) is 4.90 Å². The van der Waals surface area contributed by atoms with Crippen molar-refractivity contribution in [3.8, 4) is 0 Å². The molecule has 3 nitrogen and oxygen atoms in total. The van der Waals surface area contributed by atoms with Crippen molar-refractivity contribution in [2.75, 3.05) is 12.3 Å². The summed E-state index contributed by atoms with van der Waals surface area (Å²) < 4.78 is 0. The molecule has 0 atom stereocenters. The van der Waals surface area contributed by atoms with Crippen molar-refractivity contribution in [2.24, 2.45) is 5.92 Å². The predicted molar refractivity (Wildman–Crippen MR) is 81.5 cm³/mol. The number of carbonyl (C=O) groups is 1. The minimum atomic E-state index is 0.172. The normalized spacial score (nSPS) is 19.8. The lowest BCUT2D eigenvalue weighted by Gasteiger charge is -2.30. The van der Waals surface area contributed by atoms with Crippen molar-refractivity contribution in [3.63, 3.8) is 0 Å². The molecule has 0 bridgehead atoms. The maximum atomic E-state index is 12.7. The largest absolute Gasteiger partial charge is 0.399 e. The lowest BCUT2D eigenvalue weighted by atomic mass is 9.88. The fourth-order valence-electron chi connectivity index (χ4n) is 3.27. The van der Waals surface area contributed by atoms with Crippen molar-refractivity contribution in [1.29, 1.82) is 0 Å². The van der Waals surface area contributed by atoms with E-state index >= 15 is 0 Å². The Kier molecular flexibility index (Phi) is 3.95. The zero-order valence-electron chi connectivity index (χ0n) is 12.1. The zero-order valence-corrected chi connectivity index (χ0v) is 12.1. The van der Waals surface area contributed by atoms with Gasteiger partial charge in [-0.15, -0.1) is 0 Å². The van der Waals surface area contributed by atoms with Crippen molar-refractivity contribution in [3.05, 3.63) is 29.8 Å². The molecule has 20 heavy (non-hydrogen) atoms. The lowest BCUT2D eigenvalue weighted by molar-refractivity contribution is 0.0699. The molecule has 0 spiro atoms. The van der Waals surface area contributed by atoms with E-state index in [0.29, 0.717) is 17.6 Å². The molecule has 2 aliphatic rings. The summed E-state index contributed by atoms with van der Waals surface area (Å²) in [7, 11) is 0. The highest BCUT2D eigenvalue weighted by molar-refractivity contribution is 5.95. The second kappa shape index (κ2) is 5.86. The average Bonchev–Trinajstić information content (AvgIpc) is 3.30. The Labute approximate surface area is 121 Å². The number of amides is 1. The first-order valence-corrected chi connectivity index (χ1v) is 7.90. The molecule has 2 N–H and O–H groups in total. The summed E-state index contributed by atoms with van der Waals surface area (Å²) in [6, 6.07) is 7.87. The third-order valence-corrected chi connectivity index (χ3v) is 4.56. The Hall–Kier alpha value is -1.51. The van der Waals surface area contributed by atoms with E-state index in [0.717, 1.165) is 12.1 Å². The molecule has 0 radical (unpaired) electrons. The standard InChI is InChI=1S/C17H24N2O/c18-15-8-4-7-14(11-15)17(20)19(16-9-10-16)12-13-5-2-1-3-6-13/h4,7-8,11,13,16H,1-3,5-6,9-10,12,18H2. The number of nitrogens with zero attached hydrogens (tertiary/aromatic N) is 1. The summed E-state index contributed by atoms with van der Waals surface area (Å²) in [6.45, 7) is 0.943. The number of anilines is 1. The van der Waals surface area contributed by atoms with Gasteiger partial charge in [-0.1, -0.05) is 25.3 Å². The van der Waals surface area contributed by atoms with Gasteiger partial charge >= 0.3 is 0 Å². The SMILES string of the molecule is Nc1cccc(C(=O)N(CC2CCCCC2)C2CC2)c1. The van der Waals surface area contributed by atoms with Crippen molar-refractivity contribution in [2.45, 2.75) is 51.0 Å². The van der Waals surface area contributed by atoms with E-state index in [1.807, 2.05) is 18.2 Å². The Morgan fingerprint density at radius 3 is 2.55 bits per heavy atom. The van der Waals surface area contributed by atoms with E-state index in [1.54, 1.807) is 6.07 Å². The third kappa shape index (κ3) is 3.14. The van der Waals surface area contributed by atoms with Gasteiger partial charge in [0.15, 0.2) is 0 Å². The van der Waals surface area contributed by atoms with Crippen LogP contribution in [0.5, 0.6) is 0 Å². The average molecular weight is 272 g/mol. The molecule has 3 rings (SSSR count). The van der Waals surface area contributed by atoms with Crippen LogP contribution in [0, 0.1) is 5.92 Å². The van der Waals surface area contributed by atoms with Gasteiger partial charge in [-0.05, 0) is 49.8 Å². The van der Waals surface area contributed by atoms with Crippen LogP contribution in [0.15, 0.2) is 24.3 Å². The fourth-order valence-corrected chi connectivity index (χ4v) is 3.27. The summed E-state index contributed by atoms with van der Waals surface area (Å²) in [6.07, 6.45) is 8.93. The number of nitrogen functional groups attached to an aromatic ring is 1. The van der Waals surface area contributed by atoms with Crippen LogP contribution < -0.4 is 5.73 Å². The smallest absolute Gasteiger partial charge is 0.254 e. The summed E-state index contributed by atoms with van der Waals surface area (Å²) in [5.41, 5.74) is 7.22. The molecule has 2 fully saturated rings. The molecule has 1 amide bonds. The topological polar surface area (TPSA) is 46.3 Å². The fraction of sp³-hybridized carbons (Fsp3) is 0.588. The number of rotatable bonds is 4. The van der Waals surface area contributed by atoms with Crippen molar-refractivity contribution in [1.82, 2.24) is 4.90 Å². The van der Waals surface area contributed by atoms with Crippen LogP contribution >= 0.6 is 0 Å². The van der Waals surface area contributed by atoms with Gasteiger partial charge in [-0.2, -0.15) is 0 Å². The molecule has 1 aromatic carbocycles. The van der Waals surface area contributed by atoms with Crippen molar-refractivity contribution < 1.29 is 4.79 Å². The molecule has 0 unspecified atom stereocenters. The summed E-state index contributed by atoms with van der Waals surface area (Å²) in [5, 5.41) is 0. The Bertz CT molecular complexity index is 476. The quantitative estimate of drug-likeness (QED) is 0.853. The van der Waals surface area contributed by atoms with E-state index < -0.39 is 0 Å². The Morgan fingerprint density at radius 1 is 1.15 bits per heavy atom. The number of hydrogen-bond acceptors (Lipinski definition) is 2. The van der Waals surface area contributed by atoms with Gasteiger partial charge < -0.3 is 10.6 Å². The maximum absolute atomic E-state index is 12.7. The highest BCUT2D eigenvalue weighted by Gasteiger charge is 2.34. The minimum absolute atomic E-state index is 0.172. The monoisotopic (exact) mass is 272 g/mol. The van der Waals surface area contributed by atoms with E-state index in [-0.39, 0.29) is 5.91 Å². The zero-order chi connectivity index (χ0) is 13.9. The molecular weight excluding hydrogens is 248 g/mol. The van der Waals surface area contributed by atoms with Gasteiger partial charge in [0.25, 0.3) is 5.91 Å². The first-order chi connectivity index (χ1) is 9.74. The molecule has 108 valence electrons. The van der Waals surface area contributed by atoms with E-state index in [1.165, 1.54) is 44.9 Å².